The highest BCUT2D eigenvalue weighted by atomic mass is 16.5. The molecule has 1 N–H and O–H groups in total. The van der Waals surface area contributed by atoms with Gasteiger partial charge in [0.25, 0.3) is 0 Å². The number of ether oxygens (including phenoxy) is 1. The first-order valence-electron chi connectivity index (χ1n) is 7.65. The Labute approximate surface area is 131 Å². The summed E-state index contributed by atoms with van der Waals surface area (Å²) in [5, 5.41) is 2.98. The third kappa shape index (κ3) is 3.85. The van der Waals surface area contributed by atoms with Crippen LogP contribution in [0.15, 0.2) is 24.3 Å². The quantitative estimate of drug-likeness (QED) is 0.891. The van der Waals surface area contributed by atoms with Gasteiger partial charge in [0.05, 0.1) is 17.6 Å². The summed E-state index contributed by atoms with van der Waals surface area (Å²) in [6.07, 6.45) is 0.709. The van der Waals surface area contributed by atoms with E-state index >= 15 is 0 Å². The number of imidazole rings is 1. The summed E-state index contributed by atoms with van der Waals surface area (Å²) >= 11 is 0. The van der Waals surface area contributed by atoms with E-state index in [-0.39, 0.29) is 11.3 Å². The molecule has 1 aromatic heterocycles. The molecule has 0 spiro atoms. The van der Waals surface area contributed by atoms with Crippen LogP contribution >= 0.6 is 0 Å². The van der Waals surface area contributed by atoms with E-state index in [4.69, 9.17) is 4.74 Å². The SMILES string of the molecule is COCCn1c(CCNC(=O)C(C)(C)C)nc2ccccc21. The fraction of sp³-hybridized carbons (Fsp3) is 0.529. The second-order valence-corrected chi connectivity index (χ2v) is 6.42. The number of fused-ring (bicyclic) bond motifs is 1. The average molecular weight is 303 g/mol. The lowest BCUT2D eigenvalue weighted by atomic mass is 9.96. The number of rotatable bonds is 6. The van der Waals surface area contributed by atoms with Gasteiger partial charge in [-0.25, -0.2) is 4.98 Å². The molecule has 0 aliphatic rings. The Kier molecular flexibility index (Phi) is 5.19. The number of hydrogen-bond donors (Lipinski definition) is 1. The molecule has 120 valence electrons. The minimum Gasteiger partial charge on any atom is -0.383 e. The third-order valence-electron chi connectivity index (χ3n) is 3.57. The molecule has 1 aromatic carbocycles. The van der Waals surface area contributed by atoms with Crippen molar-refractivity contribution < 1.29 is 9.53 Å². The summed E-state index contributed by atoms with van der Waals surface area (Å²) in [6, 6.07) is 8.07. The van der Waals surface area contributed by atoms with Gasteiger partial charge in [-0.05, 0) is 12.1 Å². The Hall–Kier alpha value is -1.88. The van der Waals surface area contributed by atoms with Crippen LogP contribution in [-0.2, 0) is 22.5 Å². The number of benzene rings is 1. The van der Waals surface area contributed by atoms with E-state index in [0.717, 1.165) is 23.4 Å². The normalized spacial score (nSPS) is 11.8. The standard InChI is InChI=1S/C17H25N3O2/c1-17(2,3)16(21)18-10-9-15-19-13-7-5-6-8-14(13)20(15)11-12-22-4/h5-8H,9-12H2,1-4H3,(H,18,21). The van der Waals surface area contributed by atoms with E-state index < -0.39 is 0 Å². The topological polar surface area (TPSA) is 56.1 Å². The number of carbonyl (C=O) groups excluding carboxylic acids is 1. The smallest absolute Gasteiger partial charge is 0.225 e. The molecule has 0 atom stereocenters. The molecule has 5 heteroatoms. The molecule has 2 aromatic rings. The van der Waals surface area contributed by atoms with Crippen LogP contribution in [0.3, 0.4) is 0 Å². The molecule has 1 amide bonds. The second-order valence-electron chi connectivity index (χ2n) is 6.42. The lowest BCUT2D eigenvalue weighted by Gasteiger charge is -2.17. The van der Waals surface area contributed by atoms with Gasteiger partial charge >= 0.3 is 0 Å². The summed E-state index contributed by atoms with van der Waals surface area (Å²) in [7, 11) is 1.70. The highest BCUT2D eigenvalue weighted by Gasteiger charge is 2.20. The Morgan fingerprint density at radius 3 is 2.73 bits per heavy atom. The fourth-order valence-electron chi connectivity index (χ4n) is 2.30. The maximum atomic E-state index is 11.9. The van der Waals surface area contributed by atoms with E-state index in [1.165, 1.54) is 0 Å². The van der Waals surface area contributed by atoms with Crippen LogP contribution in [0.4, 0.5) is 0 Å². The van der Waals surface area contributed by atoms with Crippen molar-refractivity contribution in [2.45, 2.75) is 33.7 Å². The maximum Gasteiger partial charge on any atom is 0.225 e. The van der Waals surface area contributed by atoms with Crippen molar-refractivity contribution in [3.63, 3.8) is 0 Å². The van der Waals surface area contributed by atoms with Crippen molar-refractivity contribution in [1.82, 2.24) is 14.9 Å². The molecular weight excluding hydrogens is 278 g/mol. The summed E-state index contributed by atoms with van der Waals surface area (Å²) in [5.41, 5.74) is 1.73. The zero-order chi connectivity index (χ0) is 16.2. The van der Waals surface area contributed by atoms with Crippen LogP contribution < -0.4 is 5.32 Å². The van der Waals surface area contributed by atoms with Crippen molar-refractivity contribution >= 4 is 16.9 Å². The molecule has 0 aliphatic carbocycles. The zero-order valence-electron chi connectivity index (χ0n) is 13.8. The Morgan fingerprint density at radius 2 is 2.05 bits per heavy atom. The Morgan fingerprint density at radius 1 is 1.32 bits per heavy atom. The molecule has 22 heavy (non-hydrogen) atoms. The monoisotopic (exact) mass is 303 g/mol. The number of aromatic nitrogens is 2. The Balaban J connectivity index is 2.11. The van der Waals surface area contributed by atoms with Gasteiger partial charge < -0.3 is 14.6 Å². The summed E-state index contributed by atoms with van der Waals surface area (Å²) < 4.78 is 7.36. The minimum absolute atomic E-state index is 0.0621. The zero-order valence-corrected chi connectivity index (χ0v) is 13.8. The van der Waals surface area contributed by atoms with Gasteiger partial charge in [-0.1, -0.05) is 32.9 Å². The van der Waals surface area contributed by atoms with E-state index in [2.05, 4.69) is 20.9 Å². The van der Waals surface area contributed by atoms with Crippen LogP contribution in [0.2, 0.25) is 0 Å². The highest BCUT2D eigenvalue weighted by molar-refractivity contribution is 5.81. The van der Waals surface area contributed by atoms with E-state index in [1.54, 1.807) is 7.11 Å². The number of para-hydroxylation sites is 2. The maximum absolute atomic E-state index is 11.9. The predicted octanol–water partition coefficient (Wildman–Crippen LogP) is 2.39. The number of carbonyl (C=O) groups is 1. The van der Waals surface area contributed by atoms with Crippen molar-refractivity contribution in [1.29, 1.82) is 0 Å². The predicted molar refractivity (Wildman–Crippen MR) is 87.8 cm³/mol. The molecule has 0 unspecified atom stereocenters. The van der Waals surface area contributed by atoms with E-state index in [9.17, 15) is 4.79 Å². The molecule has 0 fully saturated rings. The van der Waals surface area contributed by atoms with Crippen LogP contribution in [0.5, 0.6) is 0 Å². The minimum atomic E-state index is -0.365. The number of methoxy groups -OCH3 is 1. The molecule has 0 aliphatic heterocycles. The molecule has 0 radical (unpaired) electrons. The van der Waals surface area contributed by atoms with Crippen molar-refractivity contribution in [3.05, 3.63) is 30.1 Å². The van der Waals surface area contributed by atoms with E-state index in [0.29, 0.717) is 19.6 Å². The van der Waals surface area contributed by atoms with Gasteiger partial charge in [-0.15, -0.1) is 0 Å². The first-order valence-corrected chi connectivity index (χ1v) is 7.65. The molecular formula is C17H25N3O2. The van der Waals surface area contributed by atoms with Gasteiger partial charge in [0.1, 0.15) is 5.82 Å². The van der Waals surface area contributed by atoms with Crippen LogP contribution in [0, 0.1) is 5.41 Å². The van der Waals surface area contributed by atoms with Crippen molar-refractivity contribution in [2.75, 3.05) is 20.3 Å². The van der Waals surface area contributed by atoms with Crippen molar-refractivity contribution in [3.8, 4) is 0 Å². The average Bonchev–Trinajstić information content (AvgIpc) is 2.81. The van der Waals surface area contributed by atoms with Gasteiger partial charge in [0, 0.05) is 32.0 Å². The Bertz CT molecular complexity index is 641. The highest BCUT2D eigenvalue weighted by Crippen LogP contribution is 2.17. The van der Waals surface area contributed by atoms with Crippen LogP contribution in [0.1, 0.15) is 26.6 Å². The van der Waals surface area contributed by atoms with Gasteiger partial charge in [-0.3, -0.25) is 4.79 Å². The molecule has 5 nitrogen and oxygen atoms in total. The number of nitrogens with one attached hydrogen (secondary N) is 1. The van der Waals surface area contributed by atoms with Crippen LogP contribution in [0.25, 0.3) is 11.0 Å². The van der Waals surface area contributed by atoms with Gasteiger partial charge in [0.15, 0.2) is 0 Å². The first kappa shape index (κ1) is 16.5. The summed E-state index contributed by atoms with van der Waals surface area (Å²) in [5.74, 6) is 1.04. The molecule has 0 saturated heterocycles. The molecule has 0 bridgehead atoms. The molecule has 2 rings (SSSR count). The third-order valence-corrected chi connectivity index (χ3v) is 3.57. The molecule has 0 saturated carbocycles. The largest absolute Gasteiger partial charge is 0.383 e. The fourth-order valence-corrected chi connectivity index (χ4v) is 2.30. The van der Waals surface area contributed by atoms with Gasteiger partial charge in [0.2, 0.25) is 5.91 Å². The molecule has 1 heterocycles. The number of hydrogen-bond acceptors (Lipinski definition) is 3. The van der Waals surface area contributed by atoms with Gasteiger partial charge in [-0.2, -0.15) is 0 Å². The first-order chi connectivity index (χ1) is 10.4. The summed E-state index contributed by atoms with van der Waals surface area (Å²) in [4.78, 5) is 16.6. The van der Waals surface area contributed by atoms with Crippen molar-refractivity contribution in [2.24, 2.45) is 5.41 Å². The number of nitrogens with zero attached hydrogens (tertiary/aromatic N) is 2. The number of amides is 1. The lowest BCUT2D eigenvalue weighted by molar-refractivity contribution is -0.128. The lowest BCUT2D eigenvalue weighted by Crippen LogP contribution is -2.36. The second kappa shape index (κ2) is 6.92. The van der Waals surface area contributed by atoms with Crippen LogP contribution in [-0.4, -0.2) is 35.7 Å². The van der Waals surface area contributed by atoms with E-state index in [1.807, 2.05) is 39.0 Å². The summed E-state index contributed by atoms with van der Waals surface area (Å²) in [6.45, 7) is 7.73.